The first-order chi connectivity index (χ1) is 14.0. The van der Waals surface area contributed by atoms with Crippen LogP contribution in [0.3, 0.4) is 0 Å². The maximum atomic E-state index is 6.56. The summed E-state index contributed by atoms with van der Waals surface area (Å²) in [6.45, 7) is 2.56. The maximum absolute atomic E-state index is 6.56. The molecule has 3 aromatic carbocycles. The van der Waals surface area contributed by atoms with Crippen molar-refractivity contribution in [2.24, 2.45) is 0 Å². The molecule has 1 aliphatic heterocycles. The summed E-state index contributed by atoms with van der Waals surface area (Å²) < 4.78 is 7.41. The van der Waals surface area contributed by atoms with Gasteiger partial charge in [0.1, 0.15) is 19.2 Å². The Balaban J connectivity index is 0.00000256. The van der Waals surface area contributed by atoms with E-state index in [0.29, 0.717) is 6.61 Å². The Hall–Kier alpha value is -1.49. The molecule has 2 nitrogen and oxygen atoms in total. The number of quaternary nitrogens is 1. The van der Waals surface area contributed by atoms with Gasteiger partial charge < -0.3 is 21.6 Å². The summed E-state index contributed by atoms with van der Waals surface area (Å²) in [7, 11) is 4.49. The second-order valence-electron chi connectivity index (χ2n) is 8.22. The summed E-state index contributed by atoms with van der Waals surface area (Å²) in [5, 5.41) is 0.794. The van der Waals surface area contributed by atoms with Crippen molar-refractivity contribution in [3.05, 3.63) is 100 Å². The van der Waals surface area contributed by atoms with Gasteiger partial charge in [0.05, 0.1) is 20.7 Å². The van der Waals surface area contributed by atoms with Crippen molar-refractivity contribution in [1.82, 2.24) is 0 Å². The quantitative estimate of drug-likeness (QED) is 0.522. The third-order valence-corrected chi connectivity index (χ3v) is 6.78. The van der Waals surface area contributed by atoms with Gasteiger partial charge in [-0.25, -0.2) is 0 Å². The Morgan fingerprint density at radius 1 is 0.967 bits per heavy atom. The molecule has 0 spiro atoms. The summed E-state index contributed by atoms with van der Waals surface area (Å²) >= 11 is 8.06. The van der Waals surface area contributed by atoms with Crippen LogP contribution in [0.1, 0.15) is 28.4 Å². The number of fused-ring (bicyclic) bond motifs is 2. The predicted octanol–water partition coefficient (Wildman–Crippen LogP) is 3.33. The van der Waals surface area contributed by atoms with E-state index in [4.69, 9.17) is 16.3 Å². The molecule has 0 amide bonds. The summed E-state index contributed by atoms with van der Waals surface area (Å²) in [4.78, 5) is 1.32. The van der Waals surface area contributed by atoms with Crippen LogP contribution in [0.4, 0.5) is 0 Å². The molecule has 0 N–H and O–H groups in total. The number of thioether (sulfide) groups is 1. The van der Waals surface area contributed by atoms with Crippen molar-refractivity contribution in [2.45, 2.75) is 23.3 Å². The fourth-order valence-electron chi connectivity index (χ4n) is 3.88. The van der Waals surface area contributed by atoms with Crippen molar-refractivity contribution in [2.75, 3.05) is 27.2 Å². The molecule has 0 aromatic heterocycles. The molecule has 0 bridgehead atoms. The summed E-state index contributed by atoms with van der Waals surface area (Å²) in [5.41, 5.74) is 5.20. The predicted molar refractivity (Wildman–Crippen MR) is 122 cm³/mol. The minimum absolute atomic E-state index is 0. The molecule has 1 unspecified atom stereocenters. The minimum atomic E-state index is -0.0106. The summed E-state index contributed by atoms with van der Waals surface area (Å²) in [6, 6.07) is 25.5. The van der Waals surface area contributed by atoms with E-state index in [1.807, 2.05) is 23.9 Å². The van der Waals surface area contributed by atoms with Crippen LogP contribution in [0.25, 0.3) is 0 Å². The van der Waals surface area contributed by atoms with Gasteiger partial charge in [0, 0.05) is 21.2 Å². The molecule has 0 fully saturated rings. The topological polar surface area (TPSA) is 9.23 Å². The zero-order valence-corrected chi connectivity index (χ0v) is 19.7. The van der Waals surface area contributed by atoms with Crippen molar-refractivity contribution in [1.29, 1.82) is 0 Å². The lowest BCUT2D eigenvalue weighted by Crippen LogP contribution is -3.00. The van der Waals surface area contributed by atoms with Crippen LogP contribution in [0, 0.1) is 0 Å². The molecule has 158 valence electrons. The lowest BCUT2D eigenvalue weighted by Gasteiger charge is -2.31. The number of ether oxygens (including phenoxy) is 1. The first-order valence-electron chi connectivity index (χ1n) is 9.99. The first kappa shape index (κ1) is 23.2. The summed E-state index contributed by atoms with van der Waals surface area (Å²) in [5.74, 6) is 0.989. The smallest absolute Gasteiger partial charge is 0.109 e. The average Bonchev–Trinajstić information content (AvgIpc) is 2.85. The van der Waals surface area contributed by atoms with E-state index >= 15 is 0 Å². The molecule has 0 aliphatic carbocycles. The Morgan fingerprint density at radius 3 is 2.50 bits per heavy atom. The monoisotopic (exact) mass is 459 g/mol. The highest BCUT2D eigenvalue weighted by atomic mass is 35.5. The maximum Gasteiger partial charge on any atom is 0.109 e. The molecular weight excluding hydrogens is 433 g/mol. The lowest BCUT2D eigenvalue weighted by atomic mass is 9.97. The van der Waals surface area contributed by atoms with E-state index in [1.165, 1.54) is 27.1 Å². The molecule has 0 saturated carbocycles. The fourth-order valence-corrected chi connectivity index (χ4v) is 5.18. The van der Waals surface area contributed by atoms with Gasteiger partial charge in [-0.3, -0.25) is 0 Å². The molecular formula is C25H27Cl2NOS. The van der Waals surface area contributed by atoms with Gasteiger partial charge in [-0.15, -0.1) is 11.8 Å². The molecule has 1 atom stereocenters. The number of hydrogen-bond donors (Lipinski definition) is 0. The standard InChI is InChI=1S/C25H27ClNOS.ClH/c1-27(2,17-19-8-7-10-21(26)16-19)14-15-28-25-22-11-4-3-9-20(22)18-29-24-13-6-5-12-23(24)25;/h3-13,16,25H,14-15,17-18H2,1-2H3;1H/q+1;/p-1. The largest absolute Gasteiger partial charge is 1.00 e. The second-order valence-corrected chi connectivity index (χ2v) is 9.68. The SMILES string of the molecule is C[N+](C)(CCOC1c2ccccc2CSc2ccccc21)Cc1cccc(Cl)c1.[Cl-]. The molecule has 4 rings (SSSR count). The molecule has 0 radical (unpaired) electrons. The van der Waals surface area contributed by atoms with Gasteiger partial charge in [0.2, 0.25) is 0 Å². The Labute approximate surface area is 195 Å². The van der Waals surface area contributed by atoms with Gasteiger partial charge in [-0.1, -0.05) is 66.2 Å². The number of hydrogen-bond acceptors (Lipinski definition) is 2. The van der Waals surface area contributed by atoms with Crippen molar-refractivity contribution in [3.63, 3.8) is 0 Å². The lowest BCUT2D eigenvalue weighted by molar-refractivity contribution is -0.904. The Kier molecular flexibility index (Phi) is 7.89. The zero-order valence-electron chi connectivity index (χ0n) is 17.4. The van der Waals surface area contributed by atoms with Crippen molar-refractivity contribution in [3.8, 4) is 0 Å². The number of likely N-dealkylation sites (N-methyl/N-ethyl adjacent to an activating group) is 1. The number of benzene rings is 3. The zero-order chi connectivity index (χ0) is 20.3. The third kappa shape index (κ3) is 5.60. The molecule has 30 heavy (non-hydrogen) atoms. The molecule has 1 aliphatic rings. The highest BCUT2D eigenvalue weighted by molar-refractivity contribution is 7.98. The van der Waals surface area contributed by atoms with Crippen molar-refractivity contribution < 1.29 is 21.6 Å². The van der Waals surface area contributed by atoms with E-state index in [-0.39, 0.29) is 18.5 Å². The van der Waals surface area contributed by atoms with Crippen LogP contribution in [-0.4, -0.2) is 31.7 Å². The fraction of sp³-hybridized carbons (Fsp3) is 0.280. The van der Waals surface area contributed by atoms with Crippen LogP contribution in [0.15, 0.2) is 77.7 Å². The number of halogens is 2. The Bertz CT molecular complexity index is 945. The van der Waals surface area contributed by atoms with E-state index in [2.05, 4.69) is 74.8 Å². The van der Waals surface area contributed by atoms with Crippen LogP contribution in [0.2, 0.25) is 5.02 Å². The average molecular weight is 460 g/mol. The van der Waals surface area contributed by atoms with E-state index < -0.39 is 0 Å². The first-order valence-corrected chi connectivity index (χ1v) is 11.4. The number of nitrogens with zero attached hydrogens (tertiary/aromatic N) is 1. The van der Waals surface area contributed by atoms with Gasteiger partial charge in [0.25, 0.3) is 0 Å². The normalized spacial score (nSPS) is 15.5. The molecule has 0 saturated heterocycles. The highest BCUT2D eigenvalue weighted by Gasteiger charge is 2.25. The number of rotatable bonds is 6. The van der Waals surface area contributed by atoms with Crippen LogP contribution < -0.4 is 12.4 Å². The molecule has 1 heterocycles. The minimum Gasteiger partial charge on any atom is -1.00 e. The molecule has 3 aromatic rings. The van der Waals surface area contributed by atoms with Crippen LogP contribution >= 0.6 is 23.4 Å². The van der Waals surface area contributed by atoms with Gasteiger partial charge in [0.15, 0.2) is 0 Å². The van der Waals surface area contributed by atoms with Crippen molar-refractivity contribution >= 4 is 23.4 Å². The van der Waals surface area contributed by atoms with E-state index in [9.17, 15) is 0 Å². The second kappa shape index (κ2) is 10.2. The van der Waals surface area contributed by atoms with Gasteiger partial charge in [-0.2, -0.15) is 0 Å². The van der Waals surface area contributed by atoms with E-state index in [1.54, 1.807) is 0 Å². The van der Waals surface area contributed by atoms with Crippen LogP contribution in [-0.2, 0) is 17.0 Å². The van der Waals surface area contributed by atoms with Crippen LogP contribution in [0.5, 0.6) is 0 Å². The summed E-state index contributed by atoms with van der Waals surface area (Å²) in [6.07, 6.45) is -0.0106. The third-order valence-electron chi connectivity index (χ3n) is 5.40. The van der Waals surface area contributed by atoms with E-state index in [0.717, 1.165) is 28.3 Å². The van der Waals surface area contributed by atoms with Gasteiger partial charge >= 0.3 is 0 Å². The van der Waals surface area contributed by atoms with Gasteiger partial charge in [-0.05, 0) is 34.9 Å². The Morgan fingerprint density at radius 2 is 1.70 bits per heavy atom. The molecule has 5 heteroatoms. The highest BCUT2D eigenvalue weighted by Crippen LogP contribution is 2.41.